The molecule has 4 rings (SSSR count). The maximum Gasteiger partial charge on any atom is 0.331 e. The summed E-state index contributed by atoms with van der Waals surface area (Å²) in [6.45, 7) is 7.24. The number of thiazole rings is 1. The Kier molecular flexibility index (Phi) is 4.10. The fourth-order valence-electron chi connectivity index (χ4n) is 3.57. The van der Waals surface area contributed by atoms with Gasteiger partial charge in [0.25, 0.3) is 5.56 Å². The lowest BCUT2D eigenvalue weighted by atomic mass is 10.3. The molecule has 3 aromatic rings. The minimum Gasteiger partial charge on any atom is -0.293 e. The van der Waals surface area contributed by atoms with Gasteiger partial charge in [-0.05, 0) is 32.1 Å². The third-order valence-electron chi connectivity index (χ3n) is 5.39. The zero-order valence-electron chi connectivity index (χ0n) is 15.5. The molecule has 0 spiro atoms. The number of aromatic nitrogens is 5. The summed E-state index contributed by atoms with van der Waals surface area (Å²) in [4.78, 5) is 31.3. The molecule has 0 amide bonds. The Bertz CT molecular complexity index is 1100. The Morgan fingerprint density at radius 1 is 1.31 bits per heavy atom. The molecule has 0 saturated heterocycles. The standard InChI is InChI=1S/C18H23N5O2S/c1-10-7-13(10)9-23-16-14(8-19-23)21(4)18(25)22(17(16)24)6-5-15-11(2)20-12(3)26-15/h8,10,13H,5-7,9H2,1-4H3. The fourth-order valence-corrected chi connectivity index (χ4v) is 4.50. The van der Waals surface area contributed by atoms with Crippen LogP contribution in [0.1, 0.15) is 28.9 Å². The van der Waals surface area contributed by atoms with E-state index in [-0.39, 0.29) is 11.2 Å². The predicted octanol–water partition coefficient (Wildman–Crippen LogP) is 1.87. The summed E-state index contributed by atoms with van der Waals surface area (Å²) < 4.78 is 4.65. The van der Waals surface area contributed by atoms with Crippen molar-refractivity contribution in [3.05, 3.63) is 42.6 Å². The lowest BCUT2D eigenvalue weighted by Crippen LogP contribution is -2.40. The van der Waals surface area contributed by atoms with Crippen LogP contribution in [0.3, 0.4) is 0 Å². The Morgan fingerprint density at radius 2 is 2.04 bits per heavy atom. The lowest BCUT2D eigenvalue weighted by molar-refractivity contribution is 0.546. The van der Waals surface area contributed by atoms with Crippen LogP contribution in [0.5, 0.6) is 0 Å². The second kappa shape index (κ2) is 6.19. The SMILES string of the molecule is Cc1nc(C)c(CCn2c(=O)c3c(cnn3CC3CC3C)n(C)c2=O)s1. The summed E-state index contributed by atoms with van der Waals surface area (Å²) in [5.41, 5.74) is 1.58. The van der Waals surface area contributed by atoms with E-state index >= 15 is 0 Å². The summed E-state index contributed by atoms with van der Waals surface area (Å²) in [7, 11) is 1.70. The van der Waals surface area contributed by atoms with Crippen LogP contribution >= 0.6 is 11.3 Å². The number of hydrogen-bond donors (Lipinski definition) is 0. The van der Waals surface area contributed by atoms with Gasteiger partial charge >= 0.3 is 5.69 Å². The Balaban J connectivity index is 1.74. The first kappa shape index (κ1) is 17.2. The average Bonchev–Trinajstić information content (AvgIpc) is 2.98. The first-order valence-electron chi connectivity index (χ1n) is 8.95. The van der Waals surface area contributed by atoms with E-state index < -0.39 is 0 Å². The zero-order valence-corrected chi connectivity index (χ0v) is 16.3. The van der Waals surface area contributed by atoms with E-state index in [2.05, 4.69) is 17.0 Å². The highest BCUT2D eigenvalue weighted by Crippen LogP contribution is 2.39. The third-order valence-corrected chi connectivity index (χ3v) is 6.53. The van der Waals surface area contributed by atoms with E-state index in [0.29, 0.717) is 35.8 Å². The number of hydrogen-bond acceptors (Lipinski definition) is 5. The first-order chi connectivity index (χ1) is 12.4. The highest BCUT2D eigenvalue weighted by atomic mass is 32.1. The second-order valence-corrected chi connectivity index (χ2v) is 8.61. The number of nitrogens with zero attached hydrogens (tertiary/aromatic N) is 5. The molecule has 1 aliphatic carbocycles. The van der Waals surface area contributed by atoms with Crippen LogP contribution in [0.25, 0.3) is 11.0 Å². The van der Waals surface area contributed by atoms with Crippen LogP contribution in [0, 0.1) is 25.7 Å². The number of aryl methyl sites for hydroxylation is 4. The third kappa shape index (κ3) is 2.82. The minimum absolute atomic E-state index is 0.243. The van der Waals surface area contributed by atoms with E-state index in [0.717, 1.165) is 22.1 Å². The van der Waals surface area contributed by atoms with E-state index in [4.69, 9.17) is 0 Å². The van der Waals surface area contributed by atoms with Crippen molar-refractivity contribution in [2.75, 3.05) is 0 Å². The van der Waals surface area contributed by atoms with E-state index in [1.54, 1.807) is 29.3 Å². The Hall–Kier alpha value is -2.22. The molecular formula is C18H23N5O2S. The van der Waals surface area contributed by atoms with Gasteiger partial charge in [-0.25, -0.2) is 9.78 Å². The molecule has 1 aliphatic rings. The maximum absolute atomic E-state index is 13.1. The predicted molar refractivity (Wildman–Crippen MR) is 102 cm³/mol. The molecule has 0 N–H and O–H groups in total. The van der Waals surface area contributed by atoms with Crippen molar-refractivity contribution < 1.29 is 0 Å². The topological polar surface area (TPSA) is 74.7 Å². The van der Waals surface area contributed by atoms with Crippen molar-refractivity contribution in [3.8, 4) is 0 Å². The molecule has 0 aromatic carbocycles. The normalized spacial score (nSPS) is 19.4. The zero-order chi connectivity index (χ0) is 18.6. The molecule has 7 nitrogen and oxygen atoms in total. The molecule has 1 saturated carbocycles. The van der Waals surface area contributed by atoms with Gasteiger partial charge in [0.15, 0.2) is 5.52 Å². The van der Waals surface area contributed by atoms with Crippen LogP contribution in [0.15, 0.2) is 15.8 Å². The van der Waals surface area contributed by atoms with Gasteiger partial charge in [-0.3, -0.25) is 18.6 Å². The summed E-state index contributed by atoms with van der Waals surface area (Å²) in [6, 6.07) is 0. The van der Waals surface area contributed by atoms with Crippen molar-refractivity contribution in [1.29, 1.82) is 0 Å². The number of fused-ring (bicyclic) bond motifs is 1. The molecule has 3 heterocycles. The summed E-state index contributed by atoms with van der Waals surface area (Å²) in [5, 5.41) is 5.39. The molecule has 0 bridgehead atoms. The molecule has 8 heteroatoms. The highest BCUT2D eigenvalue weighted by Gasteiger charge is 2.33. The number of rotatable bonds is 5. The second-order valence-electron chi connectivity index (χ2n) is 7.32. The summed E-state index contributed by atoms with van der Waals surface area (Å²) in [5.74, 6) is 1.26. The van der Waals surface area contributed by atoms with Gasteiger partial charge in [0.05, 0.1) is 22.4 Å². The Labute approximate surface area is 154 Å². The molecule has 138 valence electrons. The van der Waals surface area contributed by atoms with Gasteiger partial charge in [0.2, 0.25) is 0 Å². The Morgan fingerprint density at radius 3 is 2.65 bits per heavy atom. The van der Waals surface area contributed by atoms with Gasteiger partial charge < -0.3 is 0 Å². The fraction of sp³-hybridized carbons (Fsp3) is 0.556. The molecule has 2 unspecified atom stereocenters. The van der Waals surface area contributed by atoms with E-state index in [1.165, 1.54) is 15.6 Å². The van der Waals surface area contributed by atoms with Crippen molar-refractivity contribution in [1.82, 2.24) is 23.9 Å². The summed E-state index contributed by atoms with van der Waals surface area (Å²) in [6.07, 6.45) is 3.43. The monoisotopic (exact) mass is 373 g/mol. The largest absolute Gasteiger partial charge is 0.331 e. The van der Waals surface area contributed by atoms with Crippen LogP contribution in [0.4, 0.5) is 0 Å². The van der Waals surface area contributed by atoms with Crippen LogP contribution in [-0.4, -0.2) is 23.9 Å². The van der Waals surface area contributed by atoms with E-state index in [9.17, 15) is 9.59 Å². The smallest absolute Gasteiger partial charge is 0.293 e. The van der Waals surface area contributed by atoms with Crippen LogP contribution in [0.2, 0.25) is 0 Å². The molecule has 0 aliphatic heterocycles. The van der Waals surface area contributed by atoms with Gasteiger partial charge in [-0.15, -0.1) is 11.3 Å². The maximum atomic E-state index is 13.1. The van der Waals surface area contributed by atoms with Crippen LogP contribution < -0.4 is 11.2 Å². The molecular weight excluding hydrogens is 350 g/mol. The van der Waals surface area contributed by atoms with Gasteiger partial charge in [0, 0.05) is 31.4 Å². The lowest BCUT2D eigenvalue weighted by Gasteiger charge is -2.09. The molecule has 3 aromatic heterocycles. The van der Waals surface area contributed by atoms with Crippen molar-refractivity contribution in [2.24, 2.45) is 18.9 Å². The summed E-state index contributed by atoms with van der Waals surface area (Å²) >= 11 is 1.62. The average molecular weight is 373 g/mol. The van der Waals surface area contributed by atoms with Gasteiger partial charge in [-0.1, -0.05) is 6.92 Å². The van der Waals surface area contributed by atoms with Crippen molar-refractivity contribution in [3.63, 3.8) is 0 Å². The van der Waals surface area contributed by atoms with Crippen molar-refractivity contribution in [2.45, 2.75) is 46.7 Å². The van der Waals surface area contributed by atoms with Crippen LogP contribution in [-0.2, 0) is 26.6 Å². The van der Waals surface area contributed by atoms with E-state index in [1.807, 2.05) is 13.8 Å². The minimum atomic E-state index is -0.291. The molecule has 2 atom stereocenters. The first-order valence-corrected chi connectivity index (χ1v) is 9.76. The molecule has 1 fully saturated rings. The molecule has 26 heavy (non-hydrogen) atoms. The molecule has 0 radical (unpaired) electrons. The van der Waals surface area contributed by atoms with Gasteiger partial charge in [0.1, 0.15) is 0 Å². The highest BCUT2D eigenvalue weighted by molar-refractivity contribution is 7.11. The van der Waals surface area contributed by atoms with Crippen molar-refractivity contribution >= 4 is 22.4 Å². The quantitative estimate of drug-likeness (QED) is 0.684. The van der Waals surface area contributed by atoms with Gasteiger partial charge in [-0.2, -0.15) is 5.10 Å².